The average molecular weight is 304 g/mol. The number of nitrogens with zero attached hydrogens (tertiary/aromatic N) is 1. The van der Waals surface area contributed by atoms with Crippen LogP contribution in [0, 0.1) is 6.92 Å². The molecule has 0 saturated carbocycles. The van der Waals surface area contributed by atoms with E-state index in [0.717, 1.165) is 5.56 Å². The molecule has 0 saturated heterocycles. The summed E-state index contributed by atoms with van der Waals surface area (Å²) in [6.45, 7) is 1.83. The highest BCUT2D eigenvalue weighted by molar-refractivity contribution is 6.31. The molecule has 2 aromatic rings. The Bertz CT molecular complexity index is 714. The third-order valence-electron chi connectivity index (χ3n) is 2.97. The van der Waals surface area contributed by atoms with Gasteiger partial charge in [-0.25, -0.2) is 0 Å². The quantitative estimate of drug-likeness (QED) is 0.352. The van der Waals surface area contributed by atoms with Crippen molar-refractivity contribution in [1.82, 2.24) is 0 Å². The summed E-state index contributed by atoms with van der Waals surface area (Å²) in [5.74, 6) is -0.295. The van der Waals surface area contributed by atoms with Gasteiger partial charge in [0.25, 0.3) is 5.91 Å². The van der Waals surface area contributed by atoms with Crippen molar-refractivity contribution in [2.45, 2.75) is 6.92 Å². The second kappa shape index (κ2) is 6.28. The number of halogens is 1. The molecule has 0 fully saturated rings. The van der Waals surface area contributed by atoms with Crippen LogP contribution in [0.3, 0.4) is 0 Å². The first kappa shape index (κ1) is 14.9. The summed E-state index contributed by atoms with van der Waals surface area (Å²) < 4.78 is 0. The normalized spacial score (nSPS) is 11.2. The molecule has 0 heterocycles. The molecule has 0 aliphatic carbocycles. The molecule has 4 N–H and O–H groups in total. The van der Waals surface area contributed by atoms with Gasteiger partial charge in [0.2, 0.25) is 0 Å². The predicted octanol–water partition coefficient (Wildman–Crippen LogP) is 3.00. The summed E-state index contributed by atoms with van der Waals surface area (Å²) in [5.41, 5.74) is 7.90. The van der Waals surface area contributed by atoms with Gasteiger partial charge in [0.05, 0.1) is 0 Å². The van der Waals surface area contributed by atoms with Crippen LogP contribution in [0.25, 0.3) is 0 Å². The third kappa shape index (κ3) is 3.52. The molecule has 0 spiro atoms. The van der Waals surface area contributed by atoms with Crippen molar-refractivity contribution in [1.29, 1.82) is 0 Å². The molecule has 21 heavy (non-hydrogen) atoms. The Morgan fingerprint density at radius 2 is 2.05 bits per heavy atom. The van der Waals surface area contributed by atoms with Crippen molar-refractivity contribution in [3.05, 3.63) is 64.2 Å². The van der Waals surface area contributed by atoms with Crippen LogP contribution in [0.5, 0.6) is 0 Å². The van der Waals surface area contributed by atoms with Crippen LogP contribution in [-0.4, -0.2) is 17.0 Å². The number of hydrogen-bond acceptors (Lipinski definition) is 3. The van der Waals surface area contributed by atoms with E-state index >= 15 is 0 Å². The van der Waals surface area contributed by atoms with E-state index in [1.165, 1.54) is 0 Å². The summed E-state index contributed by atoms with van der Waals surface area (Å²) in [6, 6.07) is 11.8. The lowest BCUT2D eigenvalue weighted by Crippen LogP contribution is -2.16. The Morgan fingerprint density at radius 3 is 2.76 bits per heavy atom. The zero-order valence-corrected chi connectivity index (χ0v) is 12.1. The maximum absolute atomic E-state index is 12.3. The van der Waals surface area contributed by atoms with Crippen LogP contribution >= 0.6 is 11.6 Å². The summed E-state index contributed by atoms with van der Waals surface area (Å²) in [7, 11) is 0. The van der Waals surface area contributed by atoms with Gasteiger partial charge in [-0.15, -0.1) is 0 Å². The number of amides is 1. The number of aryl methyl sites for hydroxylation is 1. The van der Waals surface area contributed by atoms with Gasteiger partial charge in [-0.2, -0.15) is 0 Å². The summed E-state index contributed by atoms with van der Waals surface area (Å²) >= 11 is 5.91. The number of nitrogens with two attached hydrogens (primary N) is 1. The zero-order chi connectivity index (χ0) is 15.4. The van der Waals surface area contributed by atoms with Crippen molar-refractivity contribution >= 4 is 29.0 Å². The van der Waals surface area contributed by atoms with Crippen molar-refractivity contribution in [3.8, 4) is 0 Å². The van der Waals surface area contributed by atoms with Crippen LogP contribution in [0.2, 0.25) is 5.02 Å². The van der Waals surface area contributed by atoms with E-state index in [1.807, 2.05) is 6.92 Å². The highest BCUT2D eigenvalue weighted by Gasteiger charge is 2.10. The highest BCUT2D eigenvalue weighted by atomic mass is 35.5. The Kier molecular flexibility index (Phi) is 4.45. The largest absolute Gasteiger partial charge is 0.409 e. The molecular formula is C15H14ClN3O2. The van der Waals surface area contributed by atoms with Gasteiger partial charge in [-0.3, -0.25) is 4.79 Å². The summed E-state index contributed by atoms with van der Waals surface area (Å²) in [4.78, 5) is 12.3. The molecule has 0 aromatic heterocycles. The van der Waals surface area contributed by atoms with Crippen LogP contribution in [0.4, 0.5) is 5.69 Å². The Balaban J connectivity index is 2.26. The molecule has 0 radical (unpaired) electrons. The SMILES string of the molecule is Cc1ccc(Cl)cc1C(=O)Nc1cccc(/C(N)=N/O)c1. The summed E-state index contributed by atoms with van der Waals surface area (Å²) in [5, 5.41) is 14.8. The fourth-order valence-corrected chi connectivity index (χ4v) is 2.02. The molecule has 0 aliphatic rings. The number of hydrogen-bond donors (Lipinski definition) is 3. The molecule has 2 rings (SSSR count). The van der Waals surface area contributed by atoms with Crippen molar-refractivity contribution < 1.29 is 10.0 Å². The van der Waals surface area contributed by atoms with Gasteiger partial charge < -0.3 is 16.3 Å². The molecule has 6 heteroatoms. The molecule has 1 amide bonds. The summed E-state index contributed by atoms with van der Waals surface area (Å²) in [6.07, 6.45) is 0. The minimum atomic E-state index is -0.272. The van der Waals surface area contributed by atoms with Gasteiger partial charge in [0, 0.05) is 21.8 Å². The number of nitrogens with one attached hydrogen (secondary N) is 1. The number of rotatable bonds is 3. The Labute approximate surface area is 127 Å². The van der Waals surface area contributed by atoms with Crippen LogP contribution in [0.1, 0.15) is 21.5 Å². The van der Waals surface area contributed by atoms with E-state index < -0.39 is 0 Å². The zero-order valence-electron chi connectivity index (χ0n) is 11.3. The third-order valence-corrected chi connectivity index (χ3v) is 3.20. The fourth-order valence-electron chi connectivity index (χ4n) is 1.85. The first-order valence-electron chi connectivity index (χ1n) is 6.16. The van der Waals surface area contributed by atoms with Gasteiger partial charge in [-0.1, -0.05) is 35.0 Å². The van der Waals surface area contributed by atoms with E-state index in [0.29, 0.717) is 21.8 Å². The van der Waals surface area contributed by atoms with Gasteiger partial charge in [0.1, 0.15) is 0 Å². The van der Waals surface area contributed by atoms with E-state index in [2.05, 4.69) is 10.5 Å². The molecule has 0 bridgehead atoms. The number of benzene rings is 2. The lowest BCUT2D eigenvalue weighted by atomic mass is 10.1. The molecule has 0 atom stereocenters. The van der Waals surface area contributed by atoms with E-state index in [4.69, 9.17) is 22.5 Å². The van der Waals surface area contributed by atoms with Gasteiger partial charge in [0.15, 0.2) is 5.84 Å². The number of carbonyl (C=O) groups is 1. The number of anilines is 1. The van der Waals surface area contributed by atoms with Crippen LogP contribution in [0.15, 0.2) is 47.6 Å². The highest BCUT2D eigenvalue weighted by Crippen LogP contribution is 2.18. The first-order chi connectivity index (χ1) is 10.0. The second-order valence-electron chi connectivity index (χ2n) is 4.48. The van der Waals surface area contributed by atoms with E-state index in [1.54, 1.807) is 42.5 Å². The Morgan fingerprint density at radius 1 is 1.29 bits per heavy atom. The maximum atomic E-state index is 12.3. The molecular weight excluding hydrogens is 290 g/mol. The lowest BCUT2D eigenvalue weighted by Gasteiger charge is -2.09. The molecule has 0 unspecified atom stereocenters. The Hall–Kier alpha value is -2.53. The van der Waals surface area contributed by atoms with Crippen molar-refractivity contribution in [2.75, 3.05) is 5.32 Å². The average Bonchev–Trinajstić information content (AvgIpc) is 2.49. The smallest absolute Gasteiger partial charge is 0.255 e. The number of carbonyl (C=O) groups excluding carboxylic acids is 1. The minimum Gasteiger partial charge on any atom is -0.409 e. The van der Waals surface area contributed by atoms with E-state index in [-0.39, 0.29) is 11.7 Å². The monoisotopic (exact) mass is 303 g/mol. The number of amidine groups is 1. The van der Waals surface area contributed by atoms with E-state index in [9.17, 15) is 4.79 Å². The predicted molar refractivity (Wildman–Crippen MR) is 83.1 cm³/mol. The molecule has 5 nitrogen and oxygen atoms in total. The molecule has 0 aliphatic heterocycles. The lowest BCUT2D eigenvalue weighted by molar-refractivity contribution is 0.102. The minimum absolute atomic E-state index is 0.0231. The first-order valence-corrected chi connectivity index (χ1v) is 6.54. The topological polar surface area (TPSA) is 87.7 Å². The maximum Gasteiger partial charge on any atom is 0.255 e. The van der Waals surface area contributed by atoms with Crippen molar-refractivity contribution in [2.24, 2.45) is 10.9 Å². The number of oxime groups is 1. The van der Waals surface area contributed by atoms with Gasteiger partial charge in [-0.05, 0) is 36.8 Å². The fraction of sp³-hybridized carbons (Fsp3) is 0.0667. The molecule has 2 aromatic carbocycles. The second-order valence-corrected chi connectivity index (χ2v) is 4.92. The van der Waals surface area contributed by atoms with Crippen molar-refractivity contribution in [3.63, 3.8) is 0 Å². The molecule has 108 valence electrons. The van der Waals surface area contributed by atoms with Gasteiger partial charge >= 0.3 is 0 Å². The van der Waals surface area contributed by atoms with Crippen LogP contribution in [-0.2, 0) is 0 Å². The van der Waals surface area contributed by atoms with Crippen LogP contribution < -0.4 is 11.1 Å². The standard InChI is InChI=1S/C15H14ClN3O2/c1-9-5-6-11(16)8-13(9)15(20)18-12-4-2-3-10(7-12)14(17)19-21/h2-8,21H,1H3,(H2,17,19)(H,18,20).